The van der Waals surface area contributed by atoms with E-state index in [4.69, 9.17) is 11.5 Å². The van der Waals surface area contributed by atoms with Crippen LogP contribution in [0.25, 0.3) is 0 Å². The third-order valence-corrected chi connectivity index (χ3v) is 3.30. The molecule has 0 aromatic carbocycles. The van der Waals surface area contributed by atoms with E-state index in [2.05, 4.69) is 19.9 Å². The van der Waals surface area contributed by atoms with Crippen molar-refractivity contribution in [2.45, 2.75) is 12.8 Å². The highest BCUT2D eigenvalue weighted by atomic mass is 15.0. The molecule has 0 bridgehead atoms. The van der Waals surface area contributed by atoms with E-state index in [1.54, 1.807) is 12.4 Å². The van der Waals surface area contributed by atoms with Crippen LogP contribution in [0.5, 0.6) is 0 Å². The summed E-state index contributed by atoms with van der Waals surface area (Å²) in [5.41, 5.74) is 15.2. The molecule has 3 rings (SSSR count). The van der Waals surface area contributed by atoms with Crippen LogP contribution < -0.4 is 11.5 Å². The van der Waals surface area contributed by atoms with Gasteiger partial charge in [-0.05, 0) is 24.3 Å². The van der Waals surface area contributed by atoms with Crippen molar-refractivity contribution in [2.75, 3.05) is 11.5 Å². The highest BCUT2D eigenvalue weighted by molar-refractivity contribution is 5.48. The fraction of sp³-hybridized carbons (Fsp3) is 0.125. The van der Waals surface area contributed by atoms with Crippen LogP contribution in [0.2, 0.25) is 0 Å². The molecule has 0 amide bonds. The molecule has 6 nitrogen and oxygen atoms in total. The molecule has 4 N–H and O–H groups in total. The highest BCUT2D eigenvalue weighted by Crippen LogP contribution is 2.20. The maximum absolute atomic E-state index is 6.04. The van der Waals surface area contributed by atoms with Gasteiger partial charge in [0, 0.05) is 42.2 Å². The quantitative estimate of drug-likeness (QED) is 0.757. The van der Waals surface area contributed by atoms with E-state index in [1.165, 1.54) is 0 Å². The van der Waals surface area contributed by atoms with E-state index in [1.807, 2.05) is 36.4 Å². The molecule has 0 aliphatic heterocycles. The van der Waals surface area contributed by atoms with E-state index in [0.29, 0.717) is 18.7 Å². The fourth-order valence-corrected chi connectivity index (χ4v) is 2.27. The first-order valence-corrected chi connectivity index (χ1v) is 6.93. The maximum atomic E-state index is 6.04. The van der Waals surface area contributed by atoms with E-state index < -0.39 is 0 Å². The van der Waals surface area contributed by atoms with Gasteiger partial charge in [0.05, 0.1) is 5.69 Å². The summed E-state index contributed by atoms with van der Waals surface area (Å²) < 4.78 is 0. The van der Waals surface area contributed by atoms with Crippen molar-refractivity contribution in [3.05, 3.63) is 71.4 Å². The molecule has 0 aliphatic rings. The van der Waals surface area contributed by atoms with Crippen LogP contribution in [-0.4, -0.2) is 19.9 Å². The van der Waals surface area contributed by atoms with Crippen LogP contribution in [0.15, 0.2) is 48.8 Å². The minimum Gasteiger partial charge on any atom is -0.383 e. The first-order chi connectivity index (χ1) is 10.7. The van der Waals surface area contributed by atoms with Gasteiger partial charge < -0.3 is 11.5 Å². The van der Waals surface area contributed by atoms with Crippen LogP contribution in [-0.2, 0) is 12.8 Å². The van der Waals surface area contributed by atoms with Gasteiger partial charge in [0.2, 0.25) is 5.95 Å². The molecule has 0 unspecified atom stereocenters. The van der Waals surface area contributed by atoms with Gasteiger partial charge in [-0.1, -0.05) is 12.1 Å². The minimum absolute atomic E-state index is 0.174. The predicted molar refractivity (Wildman–Crippen MR) is 84.9 cm³/mol. The average molecular weight is 292 g/mol. The number of nitrogens with two attached hydrogens (primary N) is 2. The summed E-state index contributed by atoms with van der Waals surface area (Å²) in [6.07, 6.45) is 4.62. The molecular weight excluding hydrogens is 276 g/mol. The molecular formula is C16H16N6. The maximum Gasteiger partial charge on any atom is 0.222 e. The van der Waals surface area contributed by atoms with Crippen LogP contribution in [0, 0.1) is 0 Å². The van der Waals surface area contributed by atoms with Gasteiger partial charge >= 0.3 is 0 Å². The molecule has 0 saturated carbocycles. The molecule has 6 heteroatoms. The van der Waals surface area contributed by atoms with Crippen molar-refractivity contribution < 1.29 is 0 Å². The van der Waals surface area contributed by atoms with Crippen molar-refractivity contribution in [3.63, 3.8) is 0 Å². The number of anilines is 2. The lowest BCUT2D eigenvalue weighted by Gasteiger charge is -2.11. The standard InChI is InChI=1S/C16H16N6/c17-15-13(9-11-5-1-3-7-19-11)14(21-16(18)22-15)10-12-6-2-4-8-20-12/h1-8H,9-10H2,(H4,17,18,21,22). The van der Waals surface area contributed by atoms with Crippen LogP contribution in [0.4, 0.5) is 11.8 Å². The Hall–Kier alpha value is -3.02. The van der Waals surface area contributed by atoms with Gasteiger partial charge in [-0.2, -0.15) is 4.98 Å². The number of hydrogen-bond donors (Lipinski definition) is 2. The Bertz CT molecular complexity index is 758. The monoisotopic (exact) mass is 292 g/mol. The molecule has 3 aromatic heterocycles. The second kappa shape index (κ2) is 6.17. The summed E-state index contributed by atoms with van der Waals surface area (Å²) in [5.74, 6) is 0.567. The lowest BCUT2D eigenvalue weighted by atomic mass is 10.0. The van der Waals surface area contributed by atoms with Crippen molar-refractivity contribution in [1.82, 2.24) is 19.9 Å². The molecule has 3 aromatic rings. The van der Waals surface area contributed by atoms with Crippen molar-refractivity contribution >= 4 is 11.8 Å². The number of aromatic nitrogens is 4. The molecule has 22 heavy (non-hydrogen) atoms. The van der Waals surface area contributed by atoms with Crippen molar-refractivity contribution in [1.29, 1.82) is 0 Å². The Kier molecular flexibility index (Phi) is 3.91. The number of nitrogen functional groups attached to an aromatic ring is 2. The predicted octanol–water partition coefficient (Wildman–Crippen LogP) is 1.61. The number of nitrogens with zero attached hydrogens (tertiary/aromatic N) is 4. The third-order valence-electron chi connectivity index (χ3n) is 3.30. The first kappa shape index (κ1) is 13.9. The second-order valence-electron chi connectivity index (χ2n) is 4.89. The Morgan fingerprint density at radius 3 is 2.00 bits per heavy atom. The van der Waals surface area contributed by atoms with Gasteiger partial charge in [-0.3, -0.25) is 9.97 Å². The average Bonchev–Trinajstić information content (AvgIpc) is 2.53. The first-order valence-electron chi connectivity index (χ1n) is 6.93. The SMILES string of the molecule is Nc1nc(N)c(Cc2ccccn2)c(Cc2ccccn2)n1. The van der Waals surface area contributed by atoms with E-state index in [9.17, 15) is 0 Å². The van der Waals surface area contributed by atoms with E-state index in [0.717, 1.165) is 22.6 Å². The zero-order chi connectivity index (χ0) is 15.4. The van der Waals surface area contributed by atoms with Gasteiger partial charge in [-0.15, -0.1) is 0 Å². The zero-order valence-corrected chi connectivity index (χ0v) is 12.0. The second-order valence-corrected chi connectivity index (χ2v) is 4.89. The van der Waals surface area contributed by atoms with Gasteiger partial charge in [0.15, 0.2) is 0 Å². The summed E-state index contributed by atoms with van der Waals surface area (Å²) in [4.78, 5) is 17.1. The molecule has 110 valence electrons. The zero-order valence-electron chi connectivity index (χ0n) is 12.0. The summed E-state index contributed by atoms with van der Waals surface area (Å²) in [5, 5.41) is 0. The van der Waals surface area contributed by atoms with Gasteiger partial charge in [-0.25, -0.2) is 4.98 Å². The largest absolute Gasteiger partial charge is 0.383 e. The lowest BCUT2D eigenvalue weighted by molar-refractivity contribution is 0.939. The number of pyridine rings is 2. The Morgan fingerprint density at radius 1 is 0.773 bits per heavy atom. The lowest BCUT2D eigenvalue weighted by Crippen LogP contribution is -2.11. The molecule has 0 fully saturated rings. The highest BCUT2D eigenvalue weighted by Gasteiger charge is 2.13. The summed E-state index contributed by atoms with van der Waals surface area (Å²) in [7, 11) is 0. The van der Waals surface area contributed by atoms with Crippen LogP contribution in [0.3, 0.4) is 0 Å². The normalized spacial score (nSPS) is 10.5. The Balaban J connectivity index is 1.97. The smallest absolute Gasteiger partial charge is 0.222 e. The third kappa shape index (κ3) is 3.17. The molecule has 0 radical (unpaired) electrons. The Morgan fingerprint density at radius 2 is 1.41 bits per heavy atom. The van der Waals surface area contributed by atoms with Gasteiger partial charge in [0.1, 0.15) is 5.82 Å². The van der Waals surface area contributed by atoms with Crippen LogP contribution >= 0.6 is 0 Å². The Labute approximate surface area is 128 Å². The molecule has 0 spiro atoms. The molecule has 0 saturated heterocycles. The number of rotatable bonds is 4. The minimum atomic E-state index is 0.174. The molecule has 0 atom stereocenters. The summed E-state index contributed by atoms with van der Waals surface area (Å²) >= 11 is 0. The topological polar surface area (TPSA) is 104 Å². The molecule has 3 heterocycles. The fourth-order valence-electron chi connectivity index (χ4n) is 2.27. The summed E-state index contributed by atoms with van der Waals surface area (Å²) in [6, 6.07) is 11.5. The van der Waals surface area contributed by atoms with Crippen molar-refractivity contribution in [2.24, 2.45) is 0 Å². The molecule has 0 aliphatic carbocycles. The van der Waals surface area contributed by atoms with Crippen LogP contribution in [0.1, 0.15) is 22.6 Å². The summed E-state index contributed by atoms with van der Waals surface area (Å²) in [6.45, 7) is 0. The van der Waals surface area contributed by atoms with Crippen molar-refractivity contribution in [3.8, 4) is 0 Å². The van der Waals surface area contributed by atoms with E-state index in [-0.39, 0.29) is 5.95 Å². The van der Waals surface area contributed by atoms with E-state index >= 15 is 0 Å². The number of hydrogen-bond acceptors (Lipinski definition) is 6. The van der Waals surface area contributed by atoms with Gasteiger partial charge in [0.25, 0.3) is 0 Å².